The number of nitrogens with one attached hydrogen (secondary N) is 2. The first-order valence-corrected chi connectivity index (χ1v) is 10.2. The van der Waals surface area contributed by atoms with E-state index in [4.69, 9.17) is 11.6 Å². The van der Waals surface area contributed by atoms with E-state index in [2.05, 4.69) is 10.0 Å². The number of benzene rings is 1. The Bertz CT molecular complexity index is 628. The SMILES string of the molecule is CSc1ccc(S(=O)(=O)NC2CC3CCC(C2)N3)cc1Cl.Cl. The Morgan fingerprint density at radius 3 is 2.45 bits per heavy atom. The first-order chi connectivity index (χ1) is 9.98. The fourth-order valence-electron chi connectivity index (χ4n) is 3.26. The first-order valence-electron chi connectivity index (χ1n) is 7.10. The maximum Gasteiger partial charge on any atom is 0.240 e. The van der Waals surface area contributed by atoms with Crippen LogP contribution in [0, 0.1) is 0 Å². The molecule has 2 atom stereocenters. The second-order valence-electron chi connectivity index (χ2n) is 5.72. The summed E-state index contributed by atoms with van der Waals surface area (Å²) in [6.07, 6.45) is 5.95. The van der Waals surface area contributed by atoms with Crippen molar-refractivity contribution in [3.8, 4) is 0 Å². The highest BCUT2D eigenvalue weighted by molar-refractivity contribution is 7.98. The summed E-state index contributed by atoms with van der Waals surface area (Å²) in [7, 11) is -3.50. The Kier molecular flexibility index (Phi) is 6.07. The summed E-state index contributed by atoms with van der Waals surface area (Å²) in [6, 6.07) is 5.85. The molecule has 3 rings (SSSR count). The van der Waals surface area contributed by atoms with Gasteiger partial charge in [-0.1, -0.05) is 11.6 Å². The average Bonchev–Trinajstić information content (AvgIpc) is 2.77. The van der Waals surface area contributed by atoms with E-state index in [1.165, 1.54) is 17.8 Å². The highest BCUT2D eigenvalue weighted by Crippen LogP contribution is 2.30. The van der Waals surface area contributed by atoms with Gasteiger partial charge >= 0.3 is 0 Å². The van der Waals surface area contributed by atoms with Gasteiger partial charge in [-0.15, -0.1) is 24.2 Å². The fourth-order valence-corrected chi connectivity index (χ4v) is 5.48. The van der Waals surface area contributed by atoms with Crippen molar-refractivity contribution in [3.05, 3.63) is 23.2 Å². The molecule has 1 aromatic carbocycles. The number of halogens is 2. The van der Waals surface area contributed by atoms with Gasteiger partial charge in [-0.25, -0.2) is 13.1 Å². The van der Waals surface area contributed by atoms with E-state index in [9.17, 15) is 8.42 Å². The molecule has 0 amide bonds. The van der Waals surface area contributed by atoms with Gasteiger partial charge in [0.15, 0.2) is 0 Å². The van der Waals surface area contributed by atoms with Crippen LogP contribution in [0.25, 0.3) is 0 Å². The molecule has 0 aromatic heterocycles. The van der Waals surface area contributed by atoms with Gasteiger partial charge in [-0.3, -0.25) is 0 Å². The smallest absolute Gasteiger partial charge is 0.240 e. The van der Waals surface area contributed by atoms with Gasteiger partial charge in [0, 0.05) is 23.0 Å². The molecule has 22 heavy (non-hydrogen) atoms. The standard InChI is InChI=1S/C14H19ClN2O2S2.ClH/c1-20-14-5-4-12(8-13(14)15)21(18,19)17-11-6-9-2-3-10(7-11)16-9;/h4-5,8-11,16-17H,2-3,6-7H2,1H3;1H. The topological polar surface area (TPSA) is 58.2 Å². The molecule has 2 heterocycles. The lowest BCUT2D eigenvalue weighted by Crippen LogP contribution is -2.47. The number of hydrogen-bond acceptors (Lipinski definition) is 4. The lowest BCUT2D eigenvalue weighted by Gasteiger charge is -2.29. The molecule has 124 valence electrons. The van der Waals surface area contributed by atoms with Crippen LogP contribution in [0.2, 0.25) is 5.02 Å². The van der Waals surface area contributed by atoms with E-state index in [0.29, 0.717) is 17.1 Å². The number of rotatable bonds is 4. The van der Waals surface area contributed by atoms with Crippen LogP contribution in [-0.2, 0) is 10.0 Å². The summed E-state index contributed by atoms with van der Waals surface area (Å²) in [4.78, 5) is 1.13. The van der Waals surface area contributed by atoms with Gasteiger partial charge in [-0.2, -0.15) is 0 Å². The molecule has 8 heteroatoms. The van der Waals surface area contributed by atoms with Crippen LogP contribution in [0.5, 0.6) is 0 Å². The van der Waals surface area contributed by atoms with Gasteiger partial charge in [0.05, 0.1) is 9.92 Å². The largest absolute Gasteiger partial charge is 0.311 e. The Balaban J connectivity index is 0.00000176. The molecule has 2 N–H and O–H groups in total. The Hall–Kier alpha value is 0.0200. The third-order valence-corrected chi connectivity index (χ3v) is 6.97. The number of thioether (sulfide) groups is 1. The molecule has 0 saturated carbocycles. The van der Waals surface area contributed by atoms with Gasteiger partial charge < -0.3 is 5.32 Å². The minimum atomic E-state index is -3.50. The number of fused-ring (bicyclic) bond motifs is 2. The number of sulfonamides is 1. The summed E-state index contributed by atoms with van der Waals surface area (Å²) in [5.41, 5.74) is 0. The van der Waals surface area contributed by atoms with E-state index >= 15 is 0 Å². The molecule has 2 saturated heterocycles. The minimum Gasteiger partial charge on any atom is -0.311 e. The van der Waals surface area contributed by atoms with E-state index in [-0.39, 0.29) is 23.3 Å². The number of piperidine rings is 1. The van der Waals surface area contributed by atoms with Gasteiger partial charge in [0.25, 0.3) is 0 Å². The maximum absolute atomic E-state index is 12.5. The first kappa shape index (κ1) is 18.4. The molecule has 0 spiro atoms. The molecule has 2 aliphatic rings. The van der Waals surface area contributed by atoms with Crippen molar-refractivity contribution in [3.63, 3.8) is 0 Å². The molecule has 0 aliphatic carbocycles. The van der Waals surface area contributed by atoms with Crippen LogP contribution in [0.3, 0.4) is 0 Å². The summed E-state index contributed by atoms with van der Waals surface area (Å²) < 4.78 is 27.8. The molecule has 2 fully saturated rings. The van der Waals surface area contributed by atoms with Gasteiger partial charge in [0.1, 0.15) is 0 Å². The predicted molar refractivity (Wildman–Crippen MR) is 93.8 cm³/mol. The normalized spacial score (nSPS) is 27.5. The molecule has 4 nitrogen and oxygen atoms in total. The zero-order valence-corrected chi connectivity index (χ0v) is 15.4. The monoisotopic (exact) mass is 382 g/mol. The predicted octanol–water partition coefficient (Wildman–Crippen LogP) is 3.05. The van der Waals surface area contributed by atoms with E-state index in [0.717, 1.165) is 30.6 Å². The molecule has 0 radical (unpaired) electrons. The van der Waals surface area contributed by atoms with Crippen molar-refractivity contribution in [2.45, 2.75) is 53.6 Å². The van der Waals surface area contributed by atoms with E-state index in [1.807, 2.05) is 6.26 Å². The van der Waals surface area contributed by atoms with Crippen molar-refractivity contribution in [1.29, 1.82) is 0 Å². The quantitative estimate of drug-likeness (QED) is 0.785. The zero-order chi connectivity index (χ0) is 15.0. The summed E-state index contributed by atoms with van der Waals surface area (Å²) in [5, 5.41) is 3.99. The maximum atomic E-state index is 12.5. The van der Waals surface area contributed by atoms with Crippen molar-refractivity contribution >= 4 is 45.8 Å². The van der Waals surface area contributed by atoms with Gasteiger partial charge in [-0.05, 0) is 50.1 Å². The van der Waals surface area contributed by atoms with Crippen LogP contribution in [0.1, 0.15) is 25.7 Å². The molecule has 2 bridgehead atoms. The minimum absolute atomic E-state index is 0. The van der Waals surface area contributed by atoms with Crippen molar-refractivity contribution in [2.24, 2.45) is 0 Å². The van der Waals surface area contributed by atoms with Crippen LogP contribution in [0.4, 0.5) is 0 Å². The van der Waals surface area contributed by atoms with E-state index < -0.39 is 10.0 Å². The van der Waals surface area contributed by atoms with Crippen molar-refractivity contribution in [1.82, 2.24) is 10.0 Å². The average molecular weight is 383 g/mol. The lowest BCUT2D eigenvalue weighted by atomic mass is 10.0. The molecule has 1 aromatic rings. The van der Waals surface area contributed by atoms with E-state index in [1.54, 1.807) is 12.1 Å². The lowest BCUT2D eigenvalue weighted by molar-refractivity contribution is 0.345. The van der Waals surface area contributed by atoms with Crippen molar-refractivity contribution in [2.75, 3.05) is 6.26 Å². The molecule has 2 unspecified atom stereocenters. The number of hydrogen-bond donors (Lipinski definition) is 2. The summed E-state index contributed by atoms with van der Waals surface area (Å²) in [6.45, 7) is 0. The van der Waals surface area contributed by atoms with Crippen LogP contribution in [-0.4, -0.2) is 32.8 Å². The van der Waals surface area contributed by atoms with Crippen molar-refractivity contribution < 1.29 is 8.42 Å². The third-order valence-electron chi connectivity index (χ3n) is 4.23. The Morgan fingerprint density at radius 2 is 1.91 bits per heavy atom. The second kappa shape index (κ2) is 7.28. The Labute approximate surface area is 147 Å². The van der Waals surface area contributed by atoms with Crippen LogP contribution in [0.15, 0.2) is 28.0 Å². The molecular weight excluding hydrogens is 363 g/mol. The molecule has 2 aliphatic heterocycles. The fraction of sp³-hybridized carbons (Fsp3) is 0.571. The van der Waals surface area contributed by atoms with Gasteiger partial charge in [0.2, 0.25) is 10.0 Å². The summed E-state index contributed by atoms with van der Waals surface area (Å²) >= 11 is 7.62. The second-order valence-corrected chi connectivity index (χ2v) is 8.69. The zero-order valence-electron chi connectivity index (χ0n) is 12.2. The highest BCUT2D eigenvalue weighted by Gasteiger charge is 2.35. The summed E-state index contributed by atoms with van der Waals surface area (Å²) in [5.74, 6) is 0. The van der Waals surface area contributed by atoms with Crippen LogP contribution < -0.4 is 10.0 Å². The molecular formula is C14H20Cl2N2O2S2. The Morgan fingerprint density at radius 1 is 1.27 bits per heavy atom. The van der Waals surface area contributed by atoms with Crippen LogP contribution >= 0.6 is 35.8 Å². The third kappa shape index (κ3) is 3.91. The highest BCUT2D eigenvalue weighted by atomic mass is 35.5.